The summed E-state index contributed by atoms with van der Waals surface area (Å²) in [5.41, 5.74) is 3.42. The third-order valence-electron chi connectivity index (χ3n) is 8.86. The minimum atomic E-state index is 0.213. The van der Waals surface area contributed by atoms with Gasteiger partial charge in [-0.1, -0.05) is 162 Å². The number of hydrogen-bond acceptors (Lipinski definition) is 1. The summed E-state index contributed by atoms with van der Waals surface area (Å²) in [6.07, 6.45) is 29.8. The molecule has 1 rings (SSSR count). The zero-order valence-corrected chi connectivity index (χ0v) is 26.4. The molecule has 0 spiro atoms. The summed E-state index contributed by atoms with van der Waals surface area (Å²) in [6.45, 7) is 14.3. The van der Waals surface area contributed by atoms with E-state index in [0.717, 1.165) is 0 Å². The molecule has 1 heteroatoms. The topological polar surface area (TPSA) is 12.0 Å². The molecule has 0 fully saturated rings. The van der Waals surface area contributed by atoms with E-state index in [-0.39, 0.29) is 5.54 Å². The van der Waals surface area contributed by atoms with Gasteiger partial charge in [-0.3, -0.25) is 0 Å². The second-order valence-corrected chi connectivity index (χ2v) is 12.8. The Labute approximate surface area is 234 Å². The van der Waals surface area contributed by atoms with Crippen LogP contribution in [0.5, 0.6) is 0 Å². The van der Waals surface area contributed by atoms with Crippen LogP contribution >= 0.6 is 0 Å². The maximum absolute atomic E-state index is 4.03. The predicted octanol–water partition coefficient (Wildman–Crippen LogP) is 12.8. The first kappa shape index (κ1) is 34.0. The Morgan fingerprint density at radius 1 is 0.459 bits per heavy atom. The standard InChI is InChI=1S/C36H67N/c1-7-11-15-19-22-30-35(5,29-21-17-13-9-3)33-25-27-34(28-26-33)37-36(6,31-23-18-14-10-4)32-24-20-16-12-8-2/h25-28,37H,7-24,29-32H2,1-6H3. The molecule has 0 saturated carbocycles. The molecule has 0 bridgehead atoms. The molecule has 0 aliphatic carbocycles. The van der Waals surface area contributed by atoms with Gasteiger partial charge in [0.15, 0.2) is 0 Å². The fourth-order valence-corrected chi connectivity index (χ4v) is 6.09. The van der Waals surface area contributed by atoms with E-state index in [0.29, 0.717) is 5.41 Å². The van der Waals surface area contributed by atoms with E-state index >= 15 is 0 Å². The monoisotopic (exact) mass is 514 g/mol. The summed E-state index contributed by atoms with van der Waals surface area (Å²) in [4.78, 5) is 0. The van der Waals surface area contributed by atoms with Crippen LogP contribution in [-0.4, -0.2) is 5.54 Å². The summed E-state index contributed by atoms with van der Waals surface area (Å²) in [6, 6.07) is 9.73. The SMILES string of the molecule is CCCCCCCC(C)(CCCCCC)Nc1ccc(C(C)(CCCCCC)CCCCCCC)cc1. The highest BCUT2D eigenvalue weighted by Crippen LogP contribution is 2.37. The third-order valence-corrected chi connectivity index (χ3v) is 8.86. The summed E-state index contributed by atoms with van der Waals surface area (Å²) in [5.74, 6) is 0. The predicted molar refractivity (Wildman–Crippen MR) is 170 cm³/mol. The lowest BCUT2D eigenvalue weighted by atomic mass is 9.74. The van der Waals surface area contributed by atoms with Crippen LogP contribution in [0.15, 0.2) is 24.3 Å². The van der Waals surface area contributed by atoms with Crippen molar-refractivity contribution >= 4 is 5.69 Å². The van der Waals surface area contributed by atoms with E-state index in [2.05, 4.69) is 71.1 Å². The van der Waals surface area contributed by atoms with Gasteiger partial charge in [0.05, 0.1) is 0 Å². The van der Waals surface area contributed by atoms with Crippen molar-refractivity contribution in [3.05, 3.63) is 29.8 Å². The summed E-state index contributed by atoms with van der Waals surface area (Å²) in [5, 5.41) is 4.03. The lowest BCUT2D eigenvalue weighted by Gasteiger charge is -2.34. The highest BCUT2D eigenvalue weighted by atomic mass is 15.0. The summed E-state index contributed by atoms with van der Waals surface area (Å²) in [7, 11) is 0. The van der Waals surface area contributed by atoms with Gasteiger partial charge in [0.2, 0.25) is 0 Å². The van der Waals surface area contributed by atoms with E-state index in [1.807, 2.05) is 0 Å². The molecule has 2 unspecified atom stereocenters. The van der Waals surface area contributed by atoms with Crippen molar-refractivity contribution in [1.29, 1.82) is 0 Å². The zero-order valence-electron chi connectivity index (χ0n) is 26.4. The molecule has 216 valence electrons. The second kappa shape index (κ2) is 20.9. The van der Waals surface area contributed by atoms with Gasteiger partial charge in [-0.15, -0.1) is 0 Å². The fraction of sp³-hybridized carbons (Fsp3) is 0.833. The Kier molecular flexibility index (Phi) is 19.2. The van der Waals surface area contributed by atoms with Gasteiger partial charge < -0.3 is 5.32 Å². The summed E-state index contributed by atoms with van der Waals surface area (Å²) < 4.78 is 0. The molecular weight excluding hydrogens is 446 g/mol. The minimum Gasteiger partial charge on any atom is -0.380 e. The van der Waals surface area contributed by atoms with Crippen LogP contribution in [0.3, 0.4) is 0 Å². The average Bonchev–Trinajstić information content (AvgIpc) is 2.89. The Balaban J connectivity index is 2.86. The Morgan fingerprint density at radius 2 is 0.811 bits per heavy atom. The number of hydrogen-bond donors (Lipinski definition) is 1. The van der Waals surface area contributed by atoms with Crippen molar-refractivity contribution in [3.63, 3.8) is 0 Å². The Morgan fingerprint density at radius 3 is 1.22 bits per heavy atom. The number of rotatable bonds is 25. The first-order valence-corrected chi connectivity index (χ1v) is 16.8. The van der Waals surface area contributed by atoms with Gasteiger partial charge in [0.25, 0.3) is 0 Å². The van der Waals surface area contributed by atoms with E-state index in [1.54, 1.807) is 5.56 Å². The molecule has 1 aromatic carbocycles. The molecule has 1 nitrogen and oxygen atoms in total. The minimum absolute atomic E-state index is 0.213. The normalized spacial score (nSPS) is 14.9. The van der Waals surface area contributed by atoms with Crippen molar-refractivity contribution in [1.82, 2.24) is 0 Å². The number of anilines is 1. The van der Waals surface area contributed by atoms with Gasteiger partial charge >= 0.3 is 0 Å². The summed E-state index contributed by atoms with van der Waals surface area (Å²) >= 11 is 0. The smallest absolute Gasteiger partial charge is 0.0345 e. The molecule has 0 heterocycles. The maximum atomic E-state index is 4.03. The molecule has 0 saturated heterocycles. The number of unbranched alkanes of at least 4 members (excludes halogenated alkanes) is 14. The second-order valence-electron chi connectivity index (χ2n) is 12.8. The first-order chi connectivity index (χ1) is 17.9. The van der Waals surface area contributed by atoms with E-state index in [4.69, 9.17) is 0 Å². The molecule has 0 aromatic heterocycles. The molecule has 1 aromatic rings. The molecule has 37 heavy (non-hydrogen) atoms. The molecule has 0 aliphatic rings. The maximum Gasteiger partial charge on any atom is 0.0345 e. The van der Waals surface area contributed by atoms with Crippen molar-refractivity contribution < 1.29 is 0 Å². The van der Waals surface area contributed by atoms with Crippen molar-refractivity contribution in [2.45, 2.75) is 194 Å². The van der Waals surface area contributed by atoms with Crippen molar-refractivity contribution in [2.75, 3.05) is 5.32 Å². The van der Waals surface area contributed by atoms with Gasteiger partial charge in [0.1, 0.15) is 0 Å². The van der Waals surface area contributed by atoms with Crippen molar-refractivity contribution in [3.8, 4) is 0 Å². The van der Waals surface area contributed by atoms with Crippen LogP contribution in [0.4, 0.5) is 5.69 Å². The molecular formula is C36H67N. The molecule has 0 amide bonds. The van der Waals surface area contributed by atoms with Crippen LogP contribution in [0.1, 0.15) is 188 Å². The highest BCUT2D eigenvalue weighted by Gasteiger charge is 2.27. The van der Waals surface area contributed by atoms with Crippen molar-refractivity contribution in [2.24, 2.45) is 0 Å². The zero-order chi connectivity index (χ0) is 27.2. The molecule has 0 radical (unpaired) electrons. The first-order valence-electron chi connectivity index (χ1n) is 16.8. The van der Waals surface area contributed by atoms with Gasteiger partial charge in [-0.25, -0.2) is 0 Å². The van der Waals surface area contributed by atoms with Crippen LogP contribution in [0.25, 0.3) is 0 Å². The van der Waals surface area contributed by atoms with Gasteiger partial charge in [-0.2, -0.15) is 0 Å². The van der Waals surface area contributed by atoms with Crippen LogP contribution in [0.2, 0.25) is 0 Å². The Bertz CT molecular complexity index is 635. The molecule has 0 aliphatic heterocycles. The lowest BCUT2D eigenvalue weighted by molar-refractivity contribution is 0.363. The Hall–Kier alpha value is -0.980. The van der Waals surface area contributed by atoms with E-state index in [1.165, 1.54) is 147 Å². The average molecular weight is 514 g/mol. The highest BCUT2D eigenvalue weighted by molar-refractivity contribution is 5.48. The third kappa shape index (κ3) is 15.3. The van der Waals surface area contributed by atoms with Crippen LogP contribution in [-0.2, 0) is 5.41 Å². The van der Waals surface area contributed by atoms with Crippen LogP contribution in [0, 0.1) is 0 Å². The van der Waals surface area contributed by atoms with Gasteiger partial charge in [-0.05, 0) is 55.7 Å². The number of benzene rings is 1. The molecule has 1 N–H and O–H groups in total. The largest absolute Gasteiger partial charge is 0.380 e. The van der Waals surface area contributed by atoms with E-state index < -0.39 is 0 Å². The quantitative estimate of drug-likeness (QED) is 0.128. The molecule has 2 atom stereocenters. The van der Waals surface area contributed by atoms with E-state index in [9.17, 15) is 0 Å². The number of nitrogens with one attached hydrogen (secondary N) is 1. The van der Waals surface area contributed by atoms with Gasteiger partial charge in [0, 0.05) is 11.2 Å². The lowest BCUT2D eigenvalue weighted by Crippen LogP contribution is -2.34. The fourth-order valence-electron chi connectivity index (χ4n) is 6.09. The van der Waals surface area contributed by atoms with Crippen LogP contribution < -0.4 is 5.32 Å².